The number of ether oxygens (including phenoxy) is 1. The van der Waals surface area contributed by atoms with E-state index in [2.05, 4.69) is 50.5 Å². The van der Waals surface area contributed by atoms with Crippen molar-refractivity contribution in [3.05, 3.63) is 87.0 Å². The molecule has 5 rings (SSSR count). The van der Waals surface area contributed by atoms with Crippen LogP contribution in [0.15, 0.2) is 53.3 Å². The molecule has 1 aliphatic heterocycles. The highest BCUT2D eigenvalue weighted by Crippen LogP contribution is 2.20. The van der Waals surface area contributed by atoms with Gasteiger partial charge < -0.3 is 9.72 Å². The summed E-state index contributed by atoms with van der Waals surface area (Å²) in [5.74, 6) is 0.794. The number of aryl methyl sites for hydroxylation is 4. The predicted octanol–water partition coefficient (Wildman–Crippen LogP) is 3.56. The van der Waals surface area contributed by atoms with Crippen LogP contribution in [0.25, 0.3) is 10.9 Å². The van der Waals surface area contributed by atoms with Gasteiger partial charge in [-0.25, -0.2) is 4.68 Å². The Bertz CT molecular complexity index is 1340. The minimum atomic E-state index is -0.0523. The molecule has 0 amide bonds. The monoisotopic (exact) mass is 472 g/mol. The molecule has 2 aromatic heterocycles. The Hall–Kier alpha value is -3.36. The molecule has 0 bridgehead atoms. The minimum Gasteiger partial charge on any atom is -0.377 e. The summed E-state index contributed by atoms with van der Waals surface area (Å²) in [5.41, 5.74) is 5.12. The van der Waals surface area contributed by atoms with Crippen LogP contribution in [0.1, 0.15) is 40.9 Å². The molecule has 1 N–H and O–H groups in total. The Labute approximate surface area is 204 Å². The molecule has 0 unspecified atom stereocenters. The van der Waals surface area contributed by atoms with Crippen molar-refractivity contribution >= 4 is 10.9 Å². The molecular weight excluding hydrogens is 440 g/mol. The molecular formula is C27H32N6O2. The zero-order valence-corrected chi connectivity index (χ0v) is 20.4. The van der Waals surface area contributed by atoms with Gasteiger partial charge >= 0.3 is 0 Å². The highest BCUT2D eigenvalue weighted by molar-refractivity contribution is 5.83. The molecule has 1 fully saturated rings. The average molecular weight is 473 g/mol. The highest BCUT2D eigenvalue weighted by Gasteiger charge is 2.22. The van der Waals surface area contributed by atoms with E-state index in [4.69, 9.17) is 4.74 Å². The van der Waals surface area contributed by atoms with Gasteiger partial charge in [0.1, 0.15) is 0 Å². The van der Waals surface area contributed by atoms with E-state index in [1.54, 1.807) is 0 Å². The van der Waals surface area contributed by atoms with Gasteiger partial charge in [0.15, 0.2) is 5.82 Å². The Morgan fingerprint density at radius 1 is 1.14 bits per heavy atom. The van der Waals surface area contributed by atoms with E-state index in [9.17, 15) is 4.79 Å². The molecule has 0 saturated carbocycles. The number of benzene rings is 2. The lowest BCUT2D eigenvalue weighted by atomic mass is 10.0. The van der Waals surface area contributed by atoms with E-state index in [1.807, 2.05) is 41.9 Å². The third-order valence-electron chi connectivity index (χ3n) is 6.70. The van der Waals surface area contributed by atoms with Gasteiger partial charge in [-0.05, 0) is 72.4 Å². The van der Waals surface area contributed by atoms with Crippen LogP contribution >= 0.6 is 0 Å². The third-order valence-corrected chi connectivity index (χ3v) is 6.70. The maximum absolute atomic E-state index is 13.0. The Morgan fingerprint density at radius 3 is 2.80 bits per heavy atom. The summed E-state index contributed by atoms with van der Waals surface area (Å²) >= 11 is 0. The molecule has 35 heavy (non-hydrogen) atoms. The molecule has 8 nitrogen and oxygen atoms in total. The van der Waals surface area contributed by atoms with Crippen LogP contribution in [0.3, 0.4) is 0 Å². The fourth-order valence-corrected chi connectivity index (χ4v) is 4.93. The molecule has 0 radical (unpaired) electrons. The van der Waals surface area contributed by atoms with E-state index >= 15 is 0 Å². The van der Waals surface area contributed by atoms with E-state index < -0.39 is 0 Å². The fourth-order valence-electron chi connectivity index (χ4n) is 4.93. The first-order valence-electron chi connectivity index (χ1n) is 12.3. The first-order valence-corrected chi connectivity index (χ1v) is 12.3. The molecule has 3 heterocycles. The smallest absolute Gasteiger partial charge is 0.252 e. The van der Waals surface area contributed by atoms with Crippen molar-refractivity contribution in [1.29, 1.82) is 0 Å². The van der Waals surface area contributed by atoms with Crippen molar-refractivity contribution in [3.63, 3.8) is 0 Å². The van der Waals surface area contributed by atoms with Crippen LogP contribution in [-0.2, 0) is 30.8 Å². The number of aromatic amines is 1. The number of fused-ring (bicyclic) bond motifs is 1. The number of hydrogen-bond acceptors (Lipinski definition) is 6. The van der Waals surface area contributed by atoms with E-state index in [-0.39, 0.29) is 11.7 Å². The number of tetrazole rings is 1. The molecule has 2 aromatic carbocycles. The van der Waals surface area contributed by atoms with Crippen molar-refractivity contribution in [1.82, 2.24) is 30.1 Å². The van der Waals surface area contributed by atoms with Crippen LogP contribution in [0.5, 0.6) is 0 Å². The van der Waals surface area contributed by atoms with Gasteiger partial charge in [-0.3, -0.25) is 9.69 Å². The Kier molecular flexibility index (Phi) is 7.01. The number of pyridine rings is 1. The summed E-state index contributed by atoms with van der Waals surface area (Å²) in [6.45, 7) is 7.41. The largest absolute Gasteiger partial charge is 0.377 e. The van der Waals surface area contributed by atoms with Crippen molar-refractivity contribution < 1.29 is 4.74 Å². The quantitative estimate of drug-likeness (QED) is 0.401. The highest BCUT2D eigenvalue weighted by atomic mass is 16.5. The Balaban J connectivity index is 1.37. The van der Waals surface area contributed by atoms with Gasteiger partial charge in [0.05, 0.1) is 12.6 Å². The van der Waals surface area contributed by atoms with Gasteiger partial charge in [-0.15, -0.1) is 5.10 Å². The number of H-pyrrole nitrogens is 1. The fraction of sp³-hybridized carbons (Fsp3) is 0.407. The molecule has 1 atom stereocenters. The first-order chi connectivity index (χ1) is 17.0. The summed E-state index contributed by atoms with van der Waals surface area (Å²) in [5, 5.41) is 13.6. The van der Waals surface area contributed by atoms with Crippen molar-refractivity contribution in [3.8, 4) is 0 Å². The Morgan fingerprint density at radius 2 is 2.00 bits per heavy atom. The zero-order chi connectivity index (χ0) is 24.2. The van der Waals surface area contributed by atoms with Crippen LogP contribution in [-0.4, -0.2) is 49.3 Å². The standard InChI is InChI=1S/C27H32N6O2/c1-19-13-20(2)24-15-22(27(34)28-25(24)14-19)16-32(17-23-9-6-12-35-23)18-26-29-30-31-33(26)11-10-21-7-4-3-5-8-21/h3-5,7-8,13-15,23H,6,9-12,16-18H2,1-2H3,(H,28,34)/t23-/m1/s1. The molecule has 182 valence electrons. The minimum absolute atomic E-state index is 0.0523. The molecule has 0 aliphatic carbocycles. The van der Waals surface area contributed by atoms with Crippen molar-refractivity contribution in [2.24, 2.45) is 0 Å². The van der Waals surface area contributed by atoms with Crippen molar-refractivity contribution in [2.75, 3.05) is 13.2 Å². The topological polar surface area (TPSA) is 88.9 Å². The third kappa shape index (κ3) is 5.66. The second-order valence-electron chi connectivity index (χ2n) is 9.53. The maximum atomic E-state index is 13.0. The van der Waals surface area contributed by atoms with Gasteiger partial charge in [0.2, 0.25) is 0 Å². The zero-order valence-electron chi connectivity index (χ0n) is 20.4. The SMILES string of the molecule is Cc1cc(C)c2cc(CN(Cc3nnnn3CCc3ccccc3)C[C@H]3CCCO3)c(=O)[nH]c2c1. The van der Waals surface area contributed by atoms with Crippen LogP contribution in [0, 0.1) is 13.8 Å². The van der Waals surface area contributed by atoms with E-state index in [1.165, 1.54) is 5.56 Å². The molecule has 1 aliphatic rings. The number of nitrogens with one attached hydrogen (secondary N) is 1. The van der Waals surface area contributed by atoms with E-state index in [0.717, 1.165) is 65.8 Å². The summed E-state index contributed by atoms with van der Waals surface area (Å²) in [6.07, 6.45) is 3.12. The average Bonchev–Trinajstić information content (AvgIpc) is 3.51. The normalized spacial score (nSPS) is 15.9. The van der Waals surface area contributed by atoms with Crippen LogP contribution < -0.4 is 5.56 Å². The molecule has 1 saturated heterocycles. The molecule has 8 heteroatoms. The van der Waals surface area contributed by atoms with Gasteiger partial charge in [-0.2, -0.15) is 0 Å². The van der Waals surface area contributed by atoms with Gasteiger partial charge in [-0.1, -0.05) is 36.4 Å². The predicted molar refractivity (Wildman–Crippen MR) is 135 cm³/mol. The molecule has 4 aromatic rings. The lowest BCUT2D eigenvalue weighted by Gasteiger charge is -2.24. The summed E-state index contributed by atoms with van der Waals surface area (Å²) in [7, 11) is 0. The number of aromatic nitrogens is 5. The number of nitrogens with zero attached hydrogens (tertiary/aromatic N) is 5. The number of rotatable bonds is 9. The van der Waals surface area contributed by atoms with Gasteiger partial charge in [0, 0.05) is 42.7 Å². The summed E-state index contributed by atoms with van der Waals surface area (Å²) in [4.78, 5) is 18.3. The second kappa shape index (κ2) is 10.5. The second-order valence-corrected chi connectivity index (χ2v) is 9.53. The molecule has 0 spiro atoms. The summed E-state index contributed by atoms with van der Waals surface area (Å²) in [6, 6.07) is 16.5. The lowest BCUT2D eigenvalue weighted by molar-refractivity contribution is 0.0663. The van der Waals surface area contributed by atoms with Crippen LogP contribution in [0.4, 0.5) is 0 Å². The van der Waals surface area contributed by atoms with Crippen LogP contribution in [0.2, 0.25) is 0 Å². The summed E-state index contributed by atoms with van der Waals surface area (Å²) < 4.78 is 7.79. The maximum Gasteiger partial charge on any atom is 0.252 e. The first kappa shape index (κ1) is 23.4. The lowest BCUT2D eigenvalue weighted by Crippen LogP contribution is -2.34. The van der Waals surface area contributed by atoms with E-state index in [0.29, 0.717) is 19.6 Å². The number of hydrogen-bond donors (Lipinski definition) is 1. The van der Waals surface area contributed by atoms with Crippen molar-refractivity contribution in [2.45, 2.75) is 58.8 Å². The van der Waals surface area contributed by atoms with Gasteiger partial charge in [0.25, 0.3) is 5.56 Å².